The lowest BCUT2D eigenvalue weighted by Crippen LogP contribution is -2.37. The highest BCUT2D eigenvalue weighted by atomic mass is 28.4. The van der Waals surface area contributed by atoms with Crippen LogP contribution in [0.4, 0.5) is 0 Å². The maximum atomic E-state index is 11.4. The normalized spacial score (nSPS) is 14.3. The number of carbonyl (C=O) groups is 1. The molecule has 0 aromatic carbocycles. The summed E-state index contributed by atoms with van der Waals surface area (Å²) in [5.74, 6) is -0.249. The third kappa shape index (κ3) is 10.3. The van der Waals surface area contributed by atoms with Crippen molar-refractivity contribution in [3.63, 3.8) is 0 Å². The number of carbonyl (C=O) groups excluding carboxylic acids is 1. The van der Waals surface area contributed by atoms with E-state index in [9.17, 15) is 4.79 Å². The van der Waals surface area contributed by atoms with E-state index in [4.69, 9.17) is 9.47 Å². The second-order valence-corrected chi connectivity index (χ2v) is 18.6. The van der Waals surface area contributed by atoms with Crippen LogP contribution in [0.3, 0.4) is 0 Å². The van der Waals surface area contributed by atoms with Gasteiger partial charge in [0.2, 0.25) is 0 Å². The summed E-state index contributed by atoms with van der Waals surface area (Å²) in [6.07, 6.45) is 0.634. The summed E-state index contributed by atoms with van der Waals surface area (Å²) in [5.41, 5.74) is 1.47. The Bertz CT molecular complexity index is 272. The maximum absolute atomic E-state index is 11.4. The van der Waals surface area contributed by atoms with Crippen molar-refractivity contribution in [2.24, 2.45) is 0 Å². The van der Waals surface area contributed by atoms with E-state index in [1.165, 1.54) is 11.7 Å². The quantitative estimate of drug-likeness (QED) is 0.368. The molecule has 0 aliphatic heterocycles. The Morgan fingerprint density at radius 2 is 1.74 bits per heavy atom. The topological polar surface area (TPSA) is 35.5 Å². The van der Waals surface area contributed by atoms with E-state index >= 15 is 0 Å². The van der Waals surface area contributed by atoms with Crippen molar-refractivity contribution in [1.29, 1.82) is 0 Å². The lowest BCUT2D eigenvalue weighted by atomic mass is 10.4. The molecule has 0 aromatic rings. The first kappa shape index (κ1) is 18.9. The van der Waals surface area contributed by atoms with Crippen LogP contribution in [0.1, 0.15) is 20.3 Å². The molecule has 114 valence electrons. The summed E-state index contributed by atoms with van der Waals surface area (Å²) < 4.78 is 10.5. The Balaban J connectivity index is 3.88. The van der Waals surface area contributed by atoms with Gasteiger partial charge in [0.1, 0.15) is 0 Å². The van der Waals surface area contributed by atoms with Gasteiger partial charge in [-0.1, -0.05) is 44.4 Å². The van der Waals surface area contributed by atoms with Gasteiger partial charge in [-0.3, -0.25) is 0 Å². The molecule has 0 aromatic heterocycles. The Kier molecular flexibility index (Phi) is 8.16. The summed E-state index contributed by atoms with van der Waals surface area (Å²) in [5, 5.41) is 0. The molecule has 0 aliphatic carbocycles. The molecule has 0 heterocycles. The second-order valence-electron chi connectivity index (χ2n) is 7.27. The standard InChI is InChI=1S/C14H32O3Si2/c1-8-16-14(15)13(2)17-10-9-11-19(6,7)12-18(3,4)5/h13H,8-12H2,1-7H3/t13-/m0/s1. The zero-order valence-electron chi connectivity index (χ0n) is 13.8. The molecule has 0 saturated heterocycles. The summed E-state index contributed by atoms with van der Waals surface area (Å²) in [4.78, 5) is 11.4. The molecule has 3 nitrogen and oxygen atoms in total. The van der Waals surface area contributed by atoms with Crippen molar-refractivity contribution in [3.05, 3.63) is 0 Å². The van der Waals surface area contributed by atoms with Crippen LogP contribution in [0.5, 0.6) is 0 Å². The average Bonchev–Trinajstić information content (AvgIpc) is 2.21. The lowest BCUT2D eigenvalue weighted by Gasteiger charge is -2.29. The van der Waals surface area contributed by atoms with E-state index in [1.54, 1.807) is 6.92 Å². The van der Waals surface area contributed by atoms with Crippen LogP contribution < -0.4 is 0 Å². The van der Waals surface area contributed by atoms with Crippen molar-refractivity contribution in [2.75, 3.05) is 13.2 Å². The summed E-state index contributed by atoms with van der Waals surface area (Å²) in [7, 11) is -2.04. The van der Waals surface area contributed by atoms with Crippen LogP contribution in [0.25, 0.3) is 0 Å². The van der Waals surface area contributed by atoms with Crippen molar-refractivity contribution in [3.8, 4) is 0 Å². The Morgan fingerprint density at radius 3 is 2.21 bits per heavy atom. The van der Waals surface area contributed by atoms with Crippen LogP contribution >= 0.6 is 0 Å². The van der Waals surface area contributed by atoms with E-state index in [0.717, 1.165) is 6.42 Å². The molecule has 0 radical (unpaired) electrons. The van der Waals surface area contributed by atoms with E-state index in [0.29, 0.717) is 13.2 Å². The minimum Gasteiger partial charge on any atom is -0.464 e. The second kappa shape index (κ2) is 8.22. The summed E-state index contributed by atoms with van der Waals surface area (Å²) in [6, 6.07) is 1.28. The highest BCUT2D eigenvalue weighted by molar-refractivity contribution is 6.94. The number of hydrogen-bond acceptors (Lipinski definition) is 3. The molecule has 19 heavy (non-hydrogen) atoms. The molecule has 0 saturated carbocycles. The summed E-state index contributed by atoms with van der Waals surface area (Å²) in [6.45, 7) is 17.0. The molecule has 5 heteroatoms. The van der Waals surface area contributed by atoms with Crippen LogP contribution in [0, 0.1) is 0 Å². The van der Waals surface area contributed by atoms with Crippen LogP contribution in [0.2, 0.25) is 44.4 Å². The maximum Gasteiger partial charge on any atom is 0.334 e. The SMILES string of the molecule is CCOC(=O)[C@H](C)OCCC[Si](C)(C)C[Si](C)(C)C. The first-order valence-electron chi connectivity index (χ1n) is 7.36. The van der Waals surface area contributed by atoms with Gasteiger partial charge in [0.05, 0.1) is 6.61 Å². The van der Waals surface area contributed by atoms with Gasteiger partial charge in [0.15, 0.2) is 6.10 Å². The smallest absolute Gasteiger partial charge is 0.334 e. The van der Waals surface area contributed by atoms with Gasteiger partial charge in [-0.15, -0.1) is 0 Å². The van der Waals surface area contributed by atoms with Crippen molar-refractivity contribution >= 4 is 22.1 Å². The van der Waals surface area contributed by atoms with Gasteiger partial charge in [-0.2, -0.15) is 0 Å². The van der Waals surface area contributed by atoms with Crippen LogP contribution in [-0.4, -0.2) is 41.4 Å². The Labute approximate surface area is 121 Å². The van der Waals surface area contributed by atoms with Gasteiger partial charge >= 0.3 is 5.97 Å². The van der Waals surface area contributed by atoms with E-state index in [1.807, 2.05) is 6.92 Å². The fourth-order valence-electron chi connectivity index (χ4n) is 2.66. The molecular weight excluding hydrogens is 272 g/mol. The van der Waals surface area contributed by atoms with Crippen molar-refractivity contribution < 1.29 is 14.3 Å². The number of hydrogen-bond donors (Lipinski definition) is 0. The first-order valence-corrected chi connectivity index (χ1v) is 14.5. The predicted molar refractivity (Wildman–Crippen MR) is 87.1 cm³/mol. The molecule has 1 atom stereocenters. The number of ether oxygens (including phenoxy) is 2. The highest BCUT2D eigenvalue weighted by Crippen LogP contribution is 2.24. The molecule has 0 amide bonds. The number of esters is 1. The molecular formula is C14H32O3Si2. The van der Waals surface area contributed by atoms with Gasteiger partial charge < -0.3 is 9.47 Å². The molecule has 0 fully saturated rings. The lowest BCUT2D eigenvalue weighted by molar-refractivity contribution is -0.155. The van der Waals surface area contributed by atoms with E-state index < -0.39 is 22.3 Å². The third-order valence-electron chi connectivity index (χ3n) is 2.99. The monoisotopic (exact) mass is 304 g/mol. The average molecular weight is 305 g/mol. The fourth-order valence-corrected chi connectivity index (χ4v) is 16.0. The molecule has 0 spiro atoms. The zero-order chi connectivity index (χ0) is 15.1. The first-order chi connectivity index (χ1) is 8.57. The van der Waals surface area contributed by atoms with Gasteiger partial charge in [-0.05, 0) is 20.3 Å². The van der Waals surface area contributed by atoms with Gasteiger partial charge in [0, 0.05) is 22.8 Å². The van der Waals surface area contributed by atoms with Gasteiger partial charge in [-0.25, -0.2) is 4.79 Å². The van der Waals surface area contributed by atoms with Crippen molar-refractivity contribution in [1.82, 2.24) is 0 Å². The summed E-state index contributed by atoms with van der Waals surface area (Å²) >= 11 is 0. The zero-order valence-corrected chi connectivity index (χ0v) is 15.8. The highest BCUT2D eigenvalue weighted by Gasteiger charge is 2.28. The van der Waals surface area contributed by atoms with Crippen molar-refractivity contribution in [2.45, 2.75) is 70.8 Å². The molecule has 0 aliphatic rings. The Morgan fingerprint density at radius 1 is 1.16 bits per heavy atom. The minimum atomic E-state index is -1.09. The fraction of sp³-hybridized carbons (Fsp3) is 0.929. The Hall–Kier alpha value is -0.136. The molecule has 0 rings (SSSR count). The molecule has 0 bridgehead atoms. The molecule has 0 unspecified atom stereocenters. The minimum absolute atomic E-state index is 0.249. The largest absolute Gasteiger partial charge is 0.464 e. The van der Waals surface area contributed by atoms with Crippen LogP contribution in [-0.2, 0) is 14.3 Å². The third-order valence-corrected chi connectivity index (χ3v) is 12.8. The number of rotatable bonds is 9. The van der Waals surface area contributed by atoms with E-state index in [-0.39, 0.29) is 5.97 Å². The predicted octanol–water partition coefficient (Wildman–Crippen LogP) is 3.93. The molecule has 0 N–H and O–H groups in total. The van der Waals surface area contributed by atoms with Crippen LogP contribution in [0.15, 0.2) is 0 Å². The van der Waals surface area contributed by atoms with Gasteiger partial charge in [0.25, 0.3) is 0 Å². The van der Waals surface area contributed by atoms with E-state index in [2.05, 4.69) is 32.7 Å².